The molecule has 1 aromatic carbocycles. The first-order valence-electron chi connectivity index (χ1n) is 8.16. The fourth-order valence-corrected chi connectivity index (χ4v) is 2.57. The van der Waals surface area contributed by atoms with Gasteiger partial charge in [0.1, 0.15) is 17.5 Å². The number of rotatable bonds is 6. The highest BCUT2D eigenvalue weighted by molar-refractivity contribution is 5.95. The van der Waals surface area contributed by atoms with Gasteiger partial charge in [-0.1, -0.05) is 0 Å². The Kier molecular flexibility index (Phi) is 4.74. The maximum absolute atomic E-state index is 12.6. The summed E-state index contributed by atoms with van der Waals surface area (Å²) >= 11 is 0. The second kappa shape index (κ2) is 6.96. The van der Waals surface area contributed by atoms with Crippen molar-refractivity contribution in [3.63, 3.8) is 0 Å². The van der Waals surface area contributed by atoms with Crippen molar-refractivity contribution >= 4 is 11.6 Å². The molecular formula is C18H21N3O4. The summed E-state index contributed by atoms with van der Waals surface area (Å²) in [5, 5.41) is 7.14. The van der Waals surface area contributed by atoms with E-state index in [4.69, 9.17) is 9.47 Å². The SMILES string of the molecule is COc1ccc(OC)c(NC(=O)C(C)n2nc(C3CC3)ccc2=O)c1. The van der Waals surface area contributed by atoms with E-state index in [1.54, 1.807) is 38.3 Å². The van der Waals surface area contributed by atoms with Crippen LogP contribution in [-0.4, -0.2) is 29.9 Å². The van der Waals surface area contributed by atoms with Gasteiger partial charge in [0.05, 0.1) is 25.6 Å². The zero-order chi connectivity index (χ0) is 18.0. The van der Waals surface area contributed by atoms with Crippen LogP contribution in [0.15, 0.2) is 35.1 Å². The lowest BCUT2D eigenvalue weighted by Gasteiger charge is -2.16. The molecule has 1 atom stereocenters. The van der Waals surface area contributed by atoms with Gasteiger partial charge in [0.2, 0.25) is 5.91 Å². The number of anilines is 1. The van der Waals surface area contributed by atoms with Crippen molar-refractivity contribution in [2.24, 2.45) is 0 Å². The van der Waals surface area contributed by atoms with Crippen LogP contribution in [-0.2, 0) is 4.79 Å². The molecule has 1 unspecified atom stereocenters. The van der Waals surface area contributed by atoms with Crippen LogP contribution >= 0.6 is 0 Å². The van der Waals surface area contributed by atoms with E-state index >= 15 is 0 Å². The quantitative estimate of drug-likeness (QED) is 0.870. The Hall–Kier alpha value is -2.83. The number of aromatic nitrogens is 2. The summed E-state index contributed by atoms with van der Waals surface area (Å²) in [6.07, 6.45) is 2.15. The molecule has 1 aliphatic carbocycles. The largest absolute Gasteiger partial charge is 0.497 e. The van der Waals surface area contributed by atoms with Crippen molar-refractivity contribution in [1.82, 2.24) is 9.78 Å². The fraction of sp³-hybridized carbons (Fsp3) is 0.389. The molecule has 3 rings (SSSR count). The van der Waals surface area contributed by atoms with Crippen molar-refractivity contribution in [3.05, 3.63) is 46.4 Å². The lowest BCUT2D eigenvalue weighted by molar-refractivity contribution is -0.119. The Morgan fingerprint density at radius 3 is 2.64 bits per heavy atom. The second-order valence-electron chi connectivity index (χ2n) is 6.05. The van der Waals surface area contributed by atoms with E-state index in [-0.39, 0.29) is 11.5 Å². The Labute approximate surface area is 145 Å². The van der Waals surface area contributed by atoms with Crippen LogP contribution in [0.3, 0.4) is 0 Å². The van der Waals surface area contributed by atoms with Crippen LogP contribution in [0.25, 0.3) is 0 Å². The van der Waals surface area contributed by atoms with Gasteiger partial charge in [-0.15, -0.1) is 0 Å². The van der Waals surface area contributed by atoms with Crippen molar-refractivity contribution in [2.75, 3.05) is 19.5 Å². The van der Waals surface area contributed by atoms with Gasteiger partial charge < -0.3 is 14.8 Å². The minimum Gasteiger partial charge on any atom is -0.497 e. The highest BCUT2D eigenvalue weighted by atomic mass is 16.5. The molecule has 0 saturated heterocycles. The van der Waals surface area contributed by atoms with Crippen LogP contribution in [0.4, 0.5) is 5.69 Å². The lowest BCUT2D eigenvalue weighted by Crippen LogP contribution is -2.33. The average molecular weight is 343 g/mol. The molecule has 1 aliphatic rings. The Balaban J connectivity index is 1.84. The summed E-state index contributed by atoms with van der Waals surface area (Å²) in [5.74, 6) is 1.15. The number of carbonyl (C=O) groups is 1. The third-order valence-corrected chi connectivity index (χ3v) is 4.25. The molecule has 1 heterocycles. The predicted octanol–water partition coefficient (Wildman–Crippen LogP) is 2.34. The van der Waals surface area contributed by atoms with Gasteiger partial charge >= 0.3 is 0 Å². The van der Waals surface area contributed by atoms with Crippen molar-refractivity contribution in [1.29, 1.82) is 0 Å². The third kappa shape index (κ3) is 3.65. The molecule has 7 nitrogen and oxygen atoms in total. The fourth-order valence-electron chi connectivity index (χ4n) is 2.57. The standard InChI is InChI=1S/C18H21N3O4/c1-11(21-17(22)9-7-14(20-21)12-4-5-12)18(23)19-15-10-13(24-2)6-8-16(15)25-3/h6-12H,4-5H2,1-3H3,(H,19,23). The number of hydrogen-bond donors (Lipinski definition) is 1. The number of amides is 1. The van der Waals surface area contributed by atoms with Gasteiger partial charge in [0, 0.05) is 18.1 Å². The minimum atomic E-state index is -0.748. The van der Waals surface area contributed by atoms with Gasteiger partial charge in [-0.3, -0.25) is 9.59 Å². The number of benzene rings is 1. The Morgan fingerprint density at radius 2 is 2.00 bits per heavy atom. The lowest BCUT2D eigenvalue weighted by atomic mass is 10.2. The molecule has 7 heteroatoms. The van der Waals surface area contributed by atoms with Gasteiger partial charge in [0.25, 0.3) is 5.56 Å². The van der Waals surface area contributed by atoms with Crippen LogP contribution in [0.1, 0.15) is 37.4 Å². The minimum absolute atomic E-state index is 0.301. The molecule has 0 aliphatic heterocycles. The van der Waals surface area contributed by atoms with Crippen LogP contribution < -0.4 is 20.3 Å². The summed E-state index contributed by atoms with van der Waals surface area (Å²) in [7, 11) is 3.06. The summed E-state index contributed by atoms with van der Waals surface area (Å²) < 4.78 is 11.7. The van der Waals surface area contributed by atoms with E-state index < -0.39 is 6.04 Å². The van der Waals surface area contributed by atoms with Crippen LogP contribution in [0.5, 0.6) is 11.5 Å². The van der Waals surface area contributed by atoms with E-state index in [9.17, 15) is 9.59 Å². The zero-order valence-corrected chi connectivity index (χ0v) is 14.5. The second-order valence-corrected chi connectivity index (χ2v) is 6.05. The summed E-state index contributed by atoms with van der Waals surface area (Å²) in [4.78, 5) is 24.7. The van der Waals surface area contributed by atoms with E-state index in [1.165, 1.54) is 17.9 Å². The highest BCUT2D eigenvalue weighted by Crippen LogP contribution is 2.38. The predicted molar refractivity (Wildman–Crippen MR) is 93.4 cm³/mol. The summed E-state index contributed by atoms with van der Waals surface area (Å²) in [6.45, 7) is 1.65. The maximum atomic E-state index is 12.6. The number of nitrogens with zero attached hydrogens (tertiary/aromatic N) is 2. The van der Waals surface area contributed by atoms with E-state index in [2.05, 4.69) is 10.4 Å². The highest BCUT2D eigenvalue weighted by Gasteiger charge is 2.27. The topological polar surface area (TPSA) is 82.4 Å². The Bertz CT molecular complexity index is 842. The van der Waals surface area contributed by atoms with Gasteiger partial charge in [-0.2, -0.15) is 5.10 Å². The van der Waals surface area contributed by atoms with Crippen LogP contribution in [0, 0.1) is 0 Å². The molecule has 1 N–H and O–H groups in total. The van der Waals surface area contributed by atoms with E-state index in [0.29, 0.717) is 23.1 Å². The molecule has 0 radical (unpaired) electrons. The molecule has 1 fully saturated rings. The maximum Gasteiger partial charge on any atom is 0.267 e. The van der Waals surface area contributed by atoms with Crippen LogP contribution in [0.2, 0.25) is 0 Å². The van der Waals surface area contributed by atoms with Gasteiger partial charge in [-0.05, 0) is 38.0 Å². The first-order chi connectivity index (χ1) is 12.0. The monoisotopic (exact) mass is 343 g/mol. The van der Waals surface area contributed by atoms with Crippen molar-refractivity contribution < 1.29 is 14.3 Å². The molecule has 1 amide bonds. The van der Waals surface area contributed by atoms with Crippen molar-refractivity contribution in [3.8, 4) is 11.5 Å². The summed E-state index contributed by atoms with van der Waals surface area (Å²) in [6, 6.07) is 7.57. The number of ether oxygens (including phenoxy) is 2. The molecule has 0 bridgehead atoms. The van der Waals surface area contributed by atoms with E-state index in [0.717, 1.165) is 18.5 Å². The molecule has 1 aromatic heterocycles. The smallest absolute Gasteiger partial charge is 0.267 e. The number of nitrogens with one attached hydrogen (secondary N) is 1. The normalized spacial score (nSPS) is 14.7. The number of carbonyl (C=O) groups excluding carboxylic acids is 1. The van der Waals surface area contributed by atoms with Gasteiger partial charge in [-0.25, -0.2) is 4.68 Å². The zero-order valence-electron chi connectivity index (χ0n) is 14.5. The average Bonchev–Trinajstić information content (AvgIpc) is 3.46. The van der Waals surface area contributed by atoms with Crippen molar-refractivity contribution in [2.45, 2.75) is 31.7 Å². The first kappa shape index (κ1) is 17.0. The molecule has 0 spiro atoms. The molecule has 1 saturated carbocycles. The Morgan fingerprint density at radius 1 is 1.24 bits per heavy atom. The number of hydrogen-bond acceptors (Lipinski definition) is 5. The summed E-state index contributed by atoms with van der Waals surface area (Å²) in [5.41, 5.74) is 1.04. The third-order valence-electron chi connectivity index (χ3n) is 4.25. The molecule has 2 aromatic rings. The molecule has 132 valence electrons. The van der Waals surface area contributed by atoms with Gasteiger partial charge in [0.15, 0.2) is 0 Å². The number of methoxy groups -OCH3 is 2. The van der Waals surface area contributed by atoms with E-state index in [1.807, 2.05) is 0 Å². The molecule has 25 heavy (non-hydrogen) atoms. The molecular weight excluding hydrogens is 322 g/mol. The first-order valence-corrected chi connectivity index (χ1v) is 8.16.